The summed E-state index contributed by atoms with van der Waals surface area (Å²) in [6, 6.07) is 3.69. The molecule has 17 heavy (non-hydrogen) atoms. The van der Waals surface area contributed by atoms with E-state index in [0.717, 1.165) is 6.07 Å². The molecule has 0 aliphatic carbocycles. The number of aromatic nitrogens is 1. The minimum atomic E-state index is -4.43. The molecule has 0 saturated carbocycles. The van der Waals surface area contributed by atoms with E-state index < -0.39 is 22.7 Å². The van der Waals surface area contributed by atoms with E-state index in [-0.39, 0.29) is 5.82 Å². The van der Waals surface area contributed by atoms with E-state index in [9.17, 15) is 17.4 Å². The van der Waals surface area contributed by atoms with Crippen molar-refractivity contribution in [3.05, 3.63) is 23.9 Å². The van der Waals surface area contributed by atoms with Gasteiger partial charge in [0, 0.05) is 29.4 Å². The number of hydrogen-bond donors (Lipinski definition) is 1. The first-order chi connectivity index (χ1) is 7.89. The van der Waals surface area contributed by atoms with Crippen LogP contribution in [0.25, 0.3) is 0 Å². The molecule has 0 bridgehead atoms. The van der Waals surface area contributed by atoms with Crippen molar-refractivity contribution in [2.75, 3.05) is 23.9 Å². The fourth-order valence-corrected chi connectivity index (χ4v) is 1.73. The van der Waals surface area contributed by atoms with E-state index >= 15 is 0 Å². The largest absolute Gasteiger partial charge is 0.433 e. The average Bonchev–Trinajstić information content (AvgIpc) is 2.23. The molecule has 0 spiro atoms. The molecule has 0 aliphatic rings. The van der Waals surface area contributed by atoms with Gasteiger partial charge in [0.2, 0.25) is 0 Å². The summed E-state index contributed by atoms with van der Waals surface area (Å²) in [5.41, 5.74) is -0.915. The lowest BCUT2D eigenvalue weighted by molar-refractivity contribution is -0.141. The standard InChI is InChI=1S/C10H13F3N2OS/c1-17(16)7-3-6-14-9-5-2-4-8(15-9)10(11,12)13/h2,4-5H,3,6-7H2,1H3,(H,14,15). The van der Waals surface area contributed by atoms with Gasteiger partial charge in [-0.1, -0.05) is 6.07 Å². The molecule has 0 aromatic carbocycles. The van der Waals surface area contributed by atoms with Crippen LogP contribution in [0.4, 0.5) is 19.0 Å². The first-order valence-corrected chi connectivity index (χ1v) is 6.70. The molecule has 96 valence electrons. The summed E-state index contributed by atoms with van der Waals surface area (Å²) < 4.78 is 47.8. The van der Waals surface area contributed by atoms with Crippen molar-refractivity contribution >= 4 is 16.6 Å². The molecule has 1 aromatic rings. The average molecular weight is 266 g/mol. The summed E-state index contributed by atoms with van der Waals surface area (Å²) in [4.78, 5) is 3.45. The maximum atomic E-state index is 12.3. The summed E-state index contributed by atoms with van der Waals surface area (Å²) in [7, 11) is -0.882. The molecule has 0 amide bonds. The number of nitrogens with zero attached hydrogens (tertiary/aromatic N) is 1. The Morgan fingerprint density at radius 1 is 1.41 bits per heavy atom. The van der Waals surface area contributed by atoms with Gasteiger partial charge in [-0.05, 0) is 18.6 Å². The molecular formula is C10H13F3N2OS. The third-order valence-electron chi connectivity index (χ3n) is 1.95. The molecule has 3 nitrogen and oxygen atoms in total. The van der Waals surface area contributed by atoms with E-state index in [1.807, 2.05) is 0 Å². The summed E-state index contributed by atoms with van der Waals surface area (Å²) in [6.07, 6.45) is -2.22. The first kappa shape index (κ1) is 14.0. The second-order valence-corrected chi connectivity index (χ2v) is 5.02. The first-order valence-electron chi connectivity index (χ1n) is 4.98. The van der Waals surface area contributed by atoms with Crippen LogP contribution in [0.15, 0.2) is 18.2 Å². The molecule has 1 N–H and O–H groups in total. The Morgan fingerprint density at radius 3 is 2.71 bits per heavy atom. The Balaban J connectivity index is 2.52. The van der Waals surface area contributed by atoms with Crippen molar-refractivity contribution < 1.29 is 17.4 Å². The van der Waals surface area contributed by atoms with Crippen LogP contribution in [0.5, 0.6) is 0 Å². The molecule has 1 atom stereocenters. The van der Waals surface area contributed by atoms with Gasteiger partial charge >= 0.3 is 6.18 Å². The van der Waals surface area contributed by atoms with Crippen LogP contribution in [0.2, 0.25) is 0 Å². The van der Waals surface area contributed by atoms with Crippen LogP contribution in [0.3, 0.4) is 0 Å². The van der Waals surface area contributed by atoms with Crippen molar-refractivity contribution in [3.8, 4) is 0 Å². The van der Waals surface area contributed by atoms with Crippen LogP contribution < -0.4 is 5.32 Å². The van der Waals surface area contributed by atoms with Crippen molar-refractivity contribution in [3.63, 3.8) is 0 Å². The highest BCUT2D eigenvalue weighted by molar-refractivity contribution is 7.84. The Kier molecular flexibility index (Phi) is 4.92. The SMILES string of the molecule is CS(=O)CCCNc1cccc(C(F)(F)F)n1. The highest BCUT2D eigenvalue weighted by Crippen LogP contribution is 2.27. The third-order valence-corrected chi connectivity index (χ3v) is 2.82. The van der Waals surface area contributed by atoms with Crippen LogP contribution in [-0.2, 0) is 17.0 Å². The summed E-state index contributed by atoms with van der Waals surface area (Å²) >= 11 is 0. The molecule has 1 aromatic heterocycles. The molecule has 0 radical (unpaired) electrons. The number of pyridine rings is 1. The number of rotatable bonds is 5. The number of halogens is 3. The van der Waals surface area contributed by atoms with Crippen LogP contribution in [-0.4, -0.2) is 27.7 Å². The van der Waals surface area contributed by atoms with E-state index in [1.54, 1.807) is 6.26 Å². The topological polar surface area (TPSA) is 42.0 Å². The lowest BCUT2D eigenvalue weighted by Crippen LogP contribution is -2.11. The summed E-state index contributed by atoms with van der Waals surface area (Å²) in [6.45, 7) is 0.452. The second-order valence-electron chi connectivity index (χ2n) is 3.46. The Labute approximate surface area is 99.9 Å². The molecule has 0 saturated heterocycles. The van der Waals surface area contributed by atoms with Gasteiger partial charge in [0.15, 0.2) is 0 Å². The molecule has 0 fully saturated rings. The van der Waals surface area contributed by atoms with E-state index in [1.165, 1.54) is 12.1 Å². The maximum absolute atomic E-state index is 12.3. The number of nitrogens with one attached hydrogen (secondary N) is 1. The fraction of sp³-hybridized carbons (Fsp3) is 0.500. The van der Waals surface area contributed by atoms with E-state index in [0.29, 0.717) is 18.7 Å². The molecule has 1 rings (SSSR count). The third kappa shape index (κ3) is 5.16. The van der Waals surface area contributed by atoms with Crippen LogP contribution in [0, 0.1) is 0 Å². The smallest absolute Gasteiger partial charge is 0.370 e. The van der Waals surface area contributed by atoms with Crippen molar-refractivity contribution in [2.45, 2.75) is 12.6 Å². The Bertz CT molecular complexity index is 395. The number of alkyl halides is 3. The zero-order chi connectivity index (χ0) is 12.9. The Hall–Kier alpha value is -1.11. The minimum Gasteiger partial charge on any atom is -0.370 e. The highest BCUT2D eigenvalue weighted by atomic mass is 32.2. The summed E-state index contributed by atoms with van der Waals surface area (Å²) in [5.74, 6) is 0.702. The monoisotopic (exact) mass is 266 g/mol. The van der Waals surface area contributed by atoms with Crippen molar-refractivity contribution in [2.24, 2.45) is 0 Å². The second kappa shape index (κ2) is 6.00. The lowest BCUT2D eigenvalue weighted by Gasteiger charge is -2.09. The predicted molar refractivity (Wildman–Crippen MR) is 61.3 cm³/mol. The quantitative estimate of drug-likeness (QED) is 0.831. The highest BCUT2D eigenvalue weighted by Gasteiger charge is 2.32. The summed E-state index contributed by atoms with van der Waals surface area (Å²) in [5, 5.41) is 2.77. The van der Waals surface area contributed by atoms with E-state index in [2.05, 4.69) is 10.3 Å². The van der Waals surface area contributed by atoms with Crippen molar-refractivity contribution in [1.82, 2.24) is 4.98 Å². The van der Waals surface area contributed by atoms with Crippen molar-refractivity contribution in [1.29, 1.82) is 0 Å². The van der Waals surface area contributed by atoms with Crippen LogP contribution in [0.1, 0.15) is 12.1 Å². The fourth-order valence-electron chi connectivity index (χ4n) is 1.18. The Morgan fingerprint density at radius 2 is 2.12 bits per heavy atom. The molecule has 1 unspecified atom stereocenters. The maximum Gasteiger partial charge on any atom is 0.433 e. The number of anilines is 1. The van der Waals surface area contributed by atoms with Gasteiger partial charge in [-0.15, -0.1) is 0 Å². The zero-order valence-corrected chi connectivity index (χ0v) is 10.1. The predicted octanol–water partition coefficient (Wildman–Crippen LogP) is 2.28. The lowest BCUT2D eigenvalue weighted by atomic mass is 10.3. The molecule has 7 heteroatoms. The normalized spacial score (nSPS) is 13.4. The minimum absolute atomic E-state index is 0.182. The van der Waals surface area contributed by atoms with Gasteiger partial charge in [-0.3, -0.25) is 4.21 Å². The number of hydrogen-bond acceptors (Lipinski definition) is 3. The van der Waals surface area contributed by atoms with E-state index in [4.69, 9.17) is 0 Å². The van der Waals surface area contributed by atoms with Crippen LogP contribution >= 0.6 is 0 Å². The zero-order valence-electron chi connectivity index (χ0n) is 9.25. The van der Waals surface area contributed by atoms with Gasteiger partial charge in [0.25, 0.3) is 0 Å². The van der Waals surface area contributed by atoms with Gasteiger partial charge < -0.3 is 5.32 Å². The molecule has 1 heterocycles. The van der Waals surface area contributed by atoms with Gasteiger partial charge in [-0.2, -0.15) is 13.2 Å². The van der Waals surface area contributed by atoms with Gasteiger partial charge in [0.05, 0.1) is 0 Å². The molecule has 0 aliphatic heterocycles. The van der Waals surface area contributed by atoms with Gasteiger partial charge in [0.1, 0.15) is 11.5 Å². The van der Waals surface area contributed by atoms with Gasteiger partial charge in [-0.25, -0.2) is 4.98 Å². The molecular weight excluding hydrogens is 253 g/mol.